The summed E-state index contributed by atoms with van der Waals surface area (Å²) >= 11 is 0. The average Bonchev–Trinajstić information content (AvgIpc) is 2.76. The normalized spacial score (nSPS) is 34.9. The second kappa shape index (κ2) is 5.86. The van der Waals surface area contributed by atoms with Crippen LogP contribution in [0, 0.1) is 5.92 Å². The van der Waals surface area contributed by atoms with Crippen LogP contribution < -0.4 is 5.32 Å². The van der Waals surface area contributed by atoms with E-state index in [1.54, 1.807) is 4.31 Å². The molecule has 6 heteroatoms. The molecule has 0 amide bonds. The lowest BCUT2D eigenvalue weighted by Gasteiger charge is -2.32. The third-order valence-corrected chi connectivity index (χ3v) is 5.34. The molecule has 2 saturated heterocycles. The quantitative estimate of drug-likeness (QED) is 0.809. The van der Waals surface area contributed by atoms with Crippen LogP contribution in [0.5, 0.6) is 0 Å². The van der Waals surface area contributed by atoms with Crippen LogP contribution in [-0.2, 0) is 14.8 Å². The van der Waals surface area contributed by atoms with Crippen LogP contribution in [0.1, 0.15) is 26.2 Å². The minimum Gasteiger partial charge on any atom is -0.381 e. The van der Waals surface area contributed by atoms with Crippen LogP contribution in [0.25, 0.3) is 0 Å². The molecule has 0 aromatic rings. The standard InChI is InChI=1S/C12H24N2O3S/c1-10-9-17-7-5-12(10)13-8-11-4-3-6-14(11)18(2,15)16/h10-13H,3-9H2,1-2H3/t10-,11+,12-/m0/s1. The molecule has 2 aliphatic rings. The Morgan fingerprint density at radius 2 is 2.17 bits per heavy atom. The molecule has 0 aromatic heterocycles. The first-order valence-electron chi connectivity index (χ1n) is 6.76. The molecular formula is C12H24N2O3S. The van der Waals surface area contributed by atoms with Gasteiger partial charge < -0.3 is 10.1 Å². The number of rotatable bonds is 4. The van der Waals surface area contributed by atoms with Crippen molar-refractivity contribution in [1.29, 1.82) is 0 Å². The number of nitrogens with zero attached hydrogens (tertiary/aromatic N) is 1. The van der Waals surface area contributed by atoms with E-state index in [9.17, 15) is 8.42 Å². The van der Waals surface area contributed by atoms with Gasteiger partial charge in [-0.1, -0.05) is 6.92 Å². The van der Waals surface area contributed by atoms with Gasteiger partial charge in [0.2, 0.25) is 10.0 Å². The number of ether oxygens (including phenoxy) is 1. The van der Waals surface area contributed by atoms with Crippen molar-refractivity contribution in [3.8, 4) is 0 Å². The summed E-state index contributed by atoms with van der Waals surface area (Å²) in [6.07, 6.45) is 4.27. The van der Waals surface area contributed by atoms with Gasteiger partial charge >= 0.3 is 0 Å². The maximum absolute atomic E-state index is 11.6. The van der Waals surface area contributed by atoms with E-state index < -0.39 is 10.0 Å². The van der Waals surface area contributed by atoms with E-state index in [1.807, 2.05) is 0 Å². The van der Waals surface area contributed by atoms with Gasteiger partial charge in [0.15, 0.2) is 0 Å². The molecule has 5 nitrogen and oxygen atoms in total. The van der Waals surface area contributed by atoms with E-state index in [0.29, 0.717) is 18.5 Å². The predicted octanol–water partition coefficient (Wildman–Crippen LogP) is 0.425. The summed E-state index contributed by atoms with van der Waals surface area (Å²) in [4.78, 5) is 0. The zero-order chi connectivity index (χ0) is 13.2. The Hall–Kier alpha value is -0.170. The summed E-state index contributed by atoms with van der Waals surface area (Å²) in [6.45, 7) is 5.23. The van der Waals surface area contributed by atoms with E-state index in [0.717, 1.165) is 39.0 Å². The zero-order valence-corrected chi connectivity index (χ0v) is 12.1. The Kier molecular flexibility index (Phi) is 4.64. The summed E-state index contributed by atoms with van der Waals surface area (Å²) in [5.41, 5.74) is 0. The van der Waals surface area contributed by atoms with Gasteiger partial charge in [-0.2, -0.15) is 4.31 Å². The maximum Gasteiger partial charge on any atom is 0.211 e. The van der Waals surface area contributed by atoms with Gasteiger partial charge in [0.05, 0.1) is 12.9 Å². The molecule has 0 aromatic carbocycles. The van der Waals surface area contributed by atoms with Crippen molar-refractivity contribution in [2.45, 2.75) is 38.3 Å². The Morgan fingerprint density at radius 1 is 1.39 bits per heavy atom. The van der Waals surface area contributed by atoms with Crippen LogP contribution in [0.2, 0.25) is 0 Å². The lowest BCUT2D eigenvalue weighted by atomic mass is 9.97. The topological polar surface area (TPSA) is 58.6 Å². The Balaban J connectivity index is 1.85. The molecule has 0 saturated carbocycles. The third kappa shape index (κ3) is 3.44. The molecule has 0 unspecified atom stereocenters. The lowest BCUT2D eigenvalue weighted by Crippen LogP contribution is -2.48. The highest BCUT2D eigenvalue weighted by Crippen LogP contribution is 2.21. The summed E-state index contributed by atoms with van der Waals surface area (Å²) in [5, 5.41) is 3.53. The average molecular weight is 276 g/mol. The van der Waals surface area contributed by atoms with E-state index in [-0.39, 0.29) is 6.04 Å². The van der Waals surface area contributed by atoms with Gasteiger partial charge in [0.1, 0.15) is 0 Å². The molecule has 2 aliphatic heterocycles. The molecule has 106 valence electrons. The molecule has 2 rings (SSSR count). The minimum atomic E-state index is -3.05. The predicted molar refractivity (Wildman–Crippen MR) is 71.0 cm³/mol. The van der Waals surface area contributed by atoms with Crippen LogP contribution in [0.3, 0.4) is 0 Å². The largest absolute Gasteiger partial charge is 0.381 e. The Morgan fingerprint density at radius 3 is 2.83 bits per heavy atom. The van der Waals surface area contributed by atoms with Crippen molar-refractivity contribution in [3.05, 3.63) is 0 Å². The van der Waals surface area contributed by atoms with Crippen molar-refractivity contribution in [1.82, 2.24) is 9.62 Å². The highest BCUT2D eigenvalue weighted by atomic mass is 32.2. The molecule has 0 aliphatic carbocycles. The number of nitrogens with one attached hydrogen (secondary N) is 1. The van der Waals surface area contributed by atoms with Crippen molar-refractivity contribution in [3.63, 3.8) is 0 Å². The fourth-order valence-electron chi connectivity index (χ4n) is 2.92. The highest BCUT2D eigenvalue weighted by Gasteiger charge is 2.32. The first-order valence-corrected chi connectivity index (χ1v) is 8.61. The van der Waals surface area contributed by atoms with Crippen molar-refractivity contribution >= 4 is 10.0 Å². The Bertz CT molecular complexity index is 372. The first kappa shape index (κ1) is 14.2. The van der Waals surface area contributed by atoms with E-state index >= 15 is 0 Å². The molecule has 18 heavy (non-hydrogen) atoms. The SMILES string of the molecule is C[C@H]1COCC[C@@H]1NC[C@H]1CCCN1S(C)(=O)=O. The second-order valence-electron chi connectivity index (χ2n) is 5.53. The zero-order valence-electron chi connectivity index (χ0n) is 11.3. The number of sulfonamides is 1. The summed E-state index contributed by atoms with van der Waals surface area (Å²) < 4.78 is 30.3. The fraction of sp³-hybridized carbons (Fsp3) is 1.00. The second-order valence-corrected chi connectivity index (χ2v) is 7.46. The molecule has 0 spiro atoms. The van der Waals surface area contributed by atoms with Gasteiger partial charge in [-0.25, -0.2) is 8.42 Å². The molecule has 1 N–H and O–H groups in total. The minimum absolute atomic E-state index is 0.134. The third-order valence-electron chi connectivity index (χ3n) is 4.01. The van der Waals surface area contributed by atoms with Crippen LogP contribution in [0.4, 0.5) is 0 Å². The van der Waals surface area contributed by atoms with E-state index in [1.165, 1.54) is 6.26 Å². The van der Waals surface area contributed by atoms with Gasteiger partial charge in [0, 0.05) is 31.8 Å². The summed E-state index contributed by atoms with van der Waals surface area (Å²) in [7, 11) is -3.05. The summed E-state index contributed by atoms with van der Waals surface area (Å²) in [5.74, 6) is 0.506. The van der Waals surface area contributed by atoms with Crippen LogP contribution >= 0.6 is 0 Å². The first-order chi connectivity index (χ1) is 8.48. The smallest absolute Gasteiger partial charge is 0.211 e. The maximum atomic E-state index is 11.6. The fourth-order valence-corrected chi connectivity index (χ4v) is 4.10. The number of hydrogen-bond donors (Lipinski definition) is 1. The molecule has 3 atom stereocenters. The van der Waals surface area contributed by atoms with Crippen LogP contribution in [0.15, 0.2) is 0 Å². The molecule has 0 radical (unpaired) electrons. The molecule has 2 fully saturated rings. The van der Waals surface area contributed by atoms with Gasteiger partial charge in [-0.05, 0) is 25.2 Å². The van der Waals surface area contributed by atoms with Gasteiger partial charge in [0.25, 0.3) is 0 Å². The summed E-state index contributed by atoms with van der Waals surface area (Å²) in [6, 6.07) is 0.593. The monoisotopic (exact) mass is 276 g/mol. The van der Waals surface area contributed by atoms with E-state index in [2.05, 4.69) is 12.2 Å². The van der Waals surface area contributed by atoms with E-state index in [4.69, 9.17) is 4.74 Å². The van der Waals surface area contributed by atoms with Crippen molar-refractivity contribution in [2.75, 3.05) is 32.6 Å². The Labute approximate surface area is 110 Å². The number of hydrogen-bond acceptors (Lipinski definition) is 4. The molecule has 2 heterocycles. The van der Waals surface area contributed by atoms with Crippen molar-refractivity contribution < 1.29 is 13.2 Å². The highest BCUT2D eigenvalue weighted by molar-refractivity contribution is 7.88. The molecule has 0 bridgehead atoms. The van der Waals surface area contributed by atoms with Crippen LogP contribution in [-0.4, -0.2) is 57.4 Å². The molecular weight excluding hydrogens is 252 g/mol. The van der Waals surface area contributed by atoms with Crippen molar-refractivity contribution in [2.24, 2.45) is 5.92 Å². The van der Waals surface area contributed by atoms with Gasteiger partial charge in [-0.3, -0.25) is 0 Å². The van der Waals surface area contributed by atoms with Gasteiger partial charge in [-0.15, -0.1) is 0 Å². The lowest BCUT2D eigenvalue weighted by molar-refractivity contribution is 0.0381.